The zero-order valence-corrected chi connectivity index (χ0v) is 11.4. The van der Waals surface area contributed by atoms with Crippen molar-refractivity contribution in [2.24, 2.45) is 5.41 Å². The van der Waals surface area contributed by atoms with Gasteiger partial charge in [-0.1, -0.05) is 39.2 Å². The lowest BCUT2D eigenvalue weighted by molar-refractivity contribution is -0.115. The molecule has 0 N–H and O–H groups in total. The van der Waals surface area contributed by atoms with E-state index in [0.29, 0.717) is 11.2 Å². The van der Waals surface area contributed by atoms with Gasteiger partial charge in [-0.15, -0.1) is 0 Å². The molecule has 1 nitrogen and oxygen atoms in total. The monoisotopic (exact) mass is 222 g/mol. The van der Waals surface area contributed by atoms with Crippen LogP contribution in [-0.2, 0) is 4.79 Å². The summed E-state index contributed by atoms with van der Waals surface area (Å²) in [7, 11) is 0. The lowest BCUT2D eigenvalue weighted by atomic mass is 9.89. The lowest BCUT2D eigenvalue weighted by Crippen LogP contribution is -2.04. The predicted molar refractivity (Wildman–Crippen MR) is 69.5 cm³/mol. The second-order valence-electron chi connectivity index (χ2n) is 6.30. The van der Waals surface area contributed by atoms with Gasteiger partial charge in [0, 0.05) is 6.42 Å². The summed E-state index contributed by atoms with van der Waals surface area (Å²) in [6.07, 6.45) is 7.84. The summed E-state index contributed by atoms with van der Waals surface area (Å²) in [5.41, 5.74) is 2.95. The van der Waals surface area contributed by atoms with Gasteiger partial charge in [0.25, 0.3) is 0 Å². The van der Waals surface area contributed by atoms with Crippen LogP contribution in [0.25, 0.3) is 0 Å². The average molecular weight is 222 g/mol. The van der Waals surface area contributed by atoms with Crippen LogP contribution >= 0.6 is 0 Å². The molecule has 0 fully saturated rings. The number of Topliss-reactive ketones (excluding diaryl/α,β-unsaturated/α-hetero) is 1. The minimum Gasteiger partial charge on any atom is -0.295 e. The van der Waals surface area contributed by atoms with Crippen molar-refractivity contribution in [2.75, 3.05) is 0 Å². The molecular weight excluding hydrogens is 196 g/mol. The molecule has 0 aliphatic heterocycles. The number of rotatable bonds is 5. The molecule has 0 radical (unpaired) electrons. The molecule has 0 spiro atoms. The zero-order chi connectivity index (χ0) is 12.2. The molecular formula is C15H26O. The number of ketones is 1. The van der Waals surface area contributed by atoms with E-state index >= 15 is 0 Å². The van der Waals surface area contributed by atoms with Gasteiger partial charge in [0.1, 0.15) is 0 Å². The van der Waals surface area contributed by atoms with Gasteiger partial charge in [-0.25, -0.2) is 0 Å². The molecule has 16 heavy (non-hydrogen) atoms. The van der Waals surface area contributed by atoms with Gasteiger partial charge in [-0.05, 0) is 43.6 Å². The van der Waals surface area contributed by atoms with Crippen LogP contribution in [0.4, 0.5) is 0 Å². The molecule has 1 heteroatoms. The summed E-state index contributed by atoms with van der Waals surface area (Å²) in [4.78, 5) is 11.5. The summed E-state index contributed by atoms with van der Waals surface area (Å²) >= 11 is 0. The number of hydrogen-bond donors (Lipinski definition) is 0. The van der Waals surface area contributed by atoms with E-state index in [2.05, 4.69) is 27.7 Å². The first-order valence-corrected chi connectivity index (χ1v) is 6.62. The van der Waals surface area contributed by atoms with Crippen LogP contribution in [0.15, 0.2) is 11.1 Å². The van der Waals surface area contributed by atoms with Gasteiger partial charge in [0.2, 0.25) is 0 Å². The average Bonchev–Trinajstić information content (AvgIpc) is 2.46. The molecule has 92 valence electrons. The second-order valence-corrected chi connectivity index (χ2v) is 6.30. The van der Waals surface area contributed by atoms with Crippen molar-refractivity contribution in [3.8, 4) is 0 Å². The van der Waals surface area contributed by atoms with Gasteiger partial charge in [0.15, 0.2) is 5.78 Å². The first-order chi connectivity index (χ1) is 7.40. The zero-order valence-electron chi connectivity index (χ0n) is 11.4. The van der Waals surface area contributed by atoms with Gasteiger partial charge in [-0.3, -0.25) is 4.79 Å². The molecule has 1 rings (SSSR count). The van der Waals surface area contributed by atoms with E-state index in [1.54, 1.807) is 0 Å². The van der Waals surface area contributed by atoms with E-state index in [-0.39, 0.29) is 0 Å². The van der Waals surface area contributed by atoms with Crippen molar-refractivity contribution in [3.63, 3.8) is 0 Å². The highest BCUT2D eigenvalue weighted by Gasteiger charge is 2.19. The summed E-state index contributed by atoms with van der Waals surface area (Å²) in [5.74, 6) is 0.410. The van der Waals surface area contributed by atoms with Crippen LogP contribution in [0, 0.1) is 5.41 Å². The summed E-state index contributed by atoms with van der Waals surface area (Å²) in [6.45, 7) is 9.00. The largest absolute Gasteiger partial charge is 0.295 e. The van der Waals surface area contributed by atoms with Crippen molar-refractivity contribution in [1.29, 1.82) is 0 Å². The number of allylic oxidation sites excluding steroid dienone is 2. The first kappa shape index (κ1) is 13.5. The Bertz CT molecular complexity index is 278. The van der Waals surface area contributed by atoms with Crippen molar-refractivity contribution in [3.05, 3.63) is 11.1 Å². The van der Waals surface area contributed by atoms with Gasteiger partial charge >= 0.3 is 0 Å². The fourth-order valence-electron chi connectivity index (χ4n) is 2.33. The number of unbranched alkanes of at least 4 members (excludes halogenated alkanes) is 2. The van der Waals surface area contributed by atoms with E-state index in [0.717, 1.165) is 24.8 Å². The number of carbonyl (C=O) groups excluding carboxylic acids is 1. The van der Waals surface area contributed by atoms with Crippen molar-refractivity contribution in [2.45, 2.75) is 72.6 Å². The normalized spacial score (nSPS) is 17.4. The maximum absolute atomic E-state index is 11.5. The highest BCUT2D eigenvalue weighted by atomic mass is 16.1. The summed E-state index contributed by atoms with van der Waals surface area (Å²) < 4.78 is 0. The molecule has 0 aromatic heterocycles. The molecule has 0 saturated heterocycles. The summed E-state index contributed by atoms with van der Waals surface area (Å²) in [5, 5.41) is 0. The fourth-order valence-corrected chi connectivity index (χ4v) is 2.33. The Morgan fingerprint density at radius 1 is 1.06 bits per heavy atom. The van der Waals surface area contributed by atoms with Crippen LogP contribution in [0.5, 0.6) is 0 Å². The van der Waals surface area contributed by atoms with E-state index < -0.39 is 0 Å². The molecule has 1 aliphatic rings. The SMILES string of the molecule is CC1=C(CCCCCC(C)(C)C)C(=O)CC1. The molecule has 0 saturated carbocycles. The van der Waals surface area contributed by atoms with Crippen LogP contribution in [-0.4, -0.2) is 5.78 Å². The smallest absolute Gasteiger partial charge is 0.159 e. The van der Waals surface area contributed by atoms with E-state index in [1.807, 2.05) is 0 Å². The number of hydrogen-bond acceptors (Lipinski definition) is 1. The molecule has 1 aliphatic carbocycles. The van der Waals surface area contributed by atoms with Gasteiger partial charge < -0.3 is 0 Å². The maximum Gasteiger partial charge on any atom is 0.159 e. The Hall–Kier alpha value is -0.590. The van der Waals surface area contributed by atoms with Crippen LogP contribution < -0.4 is 0 Å². The van der Waals surface area contributed by atoms with E-state index in [4.69, 9.17) is 0 Å². The van der Waals surface area contributed by atoms with Crippen LogP contribution in [0.1, 0.15) is 72.6 Å². The fraction of sp³-hybridized carbons (Fsp3) is 0.800. The van der Waals surface area contributed by atoms with Gasteiger partial charge in [-0.2, -0.15) is 0 Å². The molecule has 0 amide bonds. The Kier molecular flexibility index (Phi) is 4.76. The lowest BCUT2D eigenvalue weighted by Gasteiger charge is -2.17. The Morgan fingerprint density at radius 3 is 2.25 bits per heavy atom. The first-order valence-electron chi connectivity index (χ1n) is 6.62. The van der Waals surface area contributed by atoms with Crippen LogP contribution in [0.2, 0.25) is 0 Å². The molecule has 0 bridgehead atoms. The topological polar surface area (TPSA) is 17.1 Å². The standard InChI is InChI=1S/C15H26O/c1-12-9-10-14(16)13(12)8-6-5-7-11-15(2,3)4/h5-11H2,1-4H3. The third-order valence-corrected chi connectivity index (χ3v) is 3.43. The third-order valence-electron chi connectivity index (χ3n) is 3.43. The Balaban J connectivity index is 2.17. The van der Waals surface area contributed by atoms with E-state index in [1.165, 1.54) is 31.3 Å². The van der Waals surface area contributed by atoms with E-state index in [9.17, 15) is 4.79 Å². The quantitative estimate of drug-likeness (QED) is 0.618. The number of carbonyl (C=O) groups is 1. The van der Waals surface area contributed by atoms with Crippen molar-refractivity contribution in [1.82, 2.24) is 0 Å². The molecule has 0 heterocycles. The van der Waals surface area contributed by atoms with Crippen molar-refractivity contribution < 1.29 is 4.79 Å². The maximum atomic E-state index is 11.5. The highest BCUT2D eigenvalue weighted by Crippen LogP contribution is 2.27. The Morgan fingerprint density at radius 2 is 1.75 bits per heavy atom. The minimum atomic E-state index is 0.410. The van der Waals surface area contributed by atoms with Crippen LogP contribution in [0.3, 0.4) is 0 Å². The third kappa shape index (κ3) is 4.51. The molecule has 0 unspecified atom stereocenters. The Labute approximate surface area is 100 Å². The summed E-state index contributed by atoms with van der Waals surface area (Å²) in [6, 6.07) is 0. The second kappa shape index (κ2) is 5.65. The molecule has 0 atom stereocenters. The highest BCUT2D eigenvalue weighted by molar-refractivity contribution is 5.98. The van der Waals surface area contributed by atoms with Crippen molar-refractivity contribution >= 4 is 5.78 Å². The molecule has 0 aromatic rings. The van der Waals surface area contributed by atoms with Gasteiger partial charge in [0.05, 0.1) is 0 Å². The predicted octanol–water partition coefficient (Wildman–Crippen LogP) is 4.66. The minimum absolute atomic E-state index is 0.410. The molecule has 0 aromatic carbocycles.